The number of benzene rings is 1. The fourth-order valence-electron chi connectivity index (χ4n) is 3.98. The molecule has 0 amide bonds. The fraction of sp³-hybridized carbons (Fsp3) is 0.562. The maximum atomic E-state index is 12.0. The molecular formula is C32H40N4O6. The van der Waals surface area contributed by atoms with Gasteiger partial charge in [0, 0.05) is 23.3 Å². The first-order chi connectivity index (χ1) is 20.4. The van der Waals surface area contributed by atoms with Crippen molar-refractivity contribution >= 4 is 23.1 Å². The molecule has 0 saturated heterocycles. The summed E-state index contributed by atoms with van der Waals surface area (Å²) >= 11 is 0. The first kappa shape index (κ1) is 35.5. The third kappa shape index (κ3) is 13.7. The molecule has 0 aliphatic rings. The van der Waals surface area contributed by atoms with Crippen LogP contribution in [0.1, 0.15) is 90.9 Å². The topological polar surface area (TPSA) is 166 Å². The van der Waals surface area contributed by atoms with Crippen molar-refractivity contribution in [3.05, 3.63) is 22.6 Å². The predicted molar refractivity (Wildman–Crippen MR) is 155 cm³/mol. The molecule has 1 aromatic rings. The summed E-state index contributed by atoms with van der Waals surface area (Å²) in [4.78, 5) is 24.0. The Morgan fingerprint density at radius 3 is 1.26 bits per heavy atom. The van der Waals surface area contributed by atoms with Crippen molar-refractivity contribution in [2.75, 3.05) is 26.4 Å². The van der Waals surface area contributed by atoms with Crippen molar-refractivity contribution in [1.82, 2.24) is 0 Å². The van der Waals surface area contributed by atoms with Crippen LogP contribution in [0.5, 0.6) is 11.5 Å². The van der Waals surface area contributed by atoms with E-state index in [-0.39, 0.29) is 71.4 Å². The first-order valence-corrected chi connectivity index (χ1v) is 14.5. The minimum absolute atomic E-state index is 0.0450. The molecule has 10 heteroatoms. The molecule has 0 atom stereocenters. The highest BCUT2D eigenvalue weighted by Crippen LogP contribution is 2.12. The van der Waals surface area contributed by atoms with E-state index in [1.54, 1.807) is 24.3 Å². The number of rotatable bonds is 20. The summed E-state index contributed by atoms with van der Waals surface area (Å²) in [5, 5.41) is 38.2. The lowest BCUT2D eigenvalue weighted by atomic mass is 10.1. The minimum Gasteiger partial charge on any atom is -0.489 e. The van der Waals surface area contributed by atoms with Gasteiger partial charge in [0.2, 0.25) is 0 Å². The van der Waals surface area contributed by atoms with Crippen LogP contribution in [0.25, 0.3) is 11.1 Å². The normalized spacial score (nSPS) is 9.86. The van der Waals surface area contributed by atoms with Gasteiger partial charge in [-0.1, -0.05) is 65.2 Å². The van der Waals surface area contributed by atoms with Crippen LogP contribution in [0.15, 0.2) is 12.1 Å². The molecule has 0 spiro atoms. The largest absolute Gasteiger partial charge is 0.489 e. The summed E-state index contributed by atoms with van der Waals surface area (Å²) in [6.07, 6.45) is 10.7. The van der Waals surface area contributed by atoms with Gasteiger partial charge in [-0.05, 0) is 25.0 Å². The second-order valence-electron chi connectivity index (χ2n) is 9.51. The Morgan fingerprint density at radius 2 is 0.929 bits per heavy atom. The van der Waals surface area contributed by atoms with Crippen LogP contribution in [-0.2, 0) is 19.1 Å². The average Bonchev–Trinajstić information content (AvgIpc) is 2.99. The summed E-state index contributed by atoms with van der Waals surface area (Å²) in [5.41, 5.74) is -0.564. The number of hydrogen-bond donors (Lipinski definition) is 0. The van der Waals surface area contributed by atoms with Gasteiger partial charge < -0.3 is 18.9 Å². The van der Waals surface area contributed by atoms with Crippen molar-refractivity contribution in [3.63, 3.8) is 0 Å². The molecule has 224 valence electrons. The molecule has 0 bridgehead atoms. The van der Waals surface area contributed by atoms with Crippen LogP contribution in [0.4, 0.5) is 0 Å². The minimum atomic E-state index is -0.345. The van der Waals surface area contributed by atoms with Crippen molar-refractivity contribution in [1.29, 1.82) is 21.0 Å². The molecule has 0 N–H and O–H groups in total. The SMILES string of the molecule is CCCCCCCC(=O)OCCOc1cc(=C(C#N)C#N)c(OCCOC(=O)CCCCCCC)cc1=C(C#N)C#N. The van der Waals surface area contributed by atoms with E-state index in [2.05, 4.69) is 13.8 Å². The Balaban J connectivity index is 2.98. The highest BCUT2D eigenvalue weighted by molar-refractivity contribution is 5.77. The summed E-state index contributed by atoms with van der Waals surface area (Å²) in [5.74, 6) is -0.599. The third-order valence-corrected chi connectivity index (χ3v) is 6.24. The number of hydrogen-bond acceptors (Lipinski definition) is 10. The van der Waals surface area contributed by atoms with E-state index in [9.17, 15) is 30.6 Å². The number of ether oxygens (including phenoxy) is 4. The Hall–Kier alpha value is -4.54. The molecule has 0 aliphatic carbocycles. The van der Waals surface area contributed by atoms with E-state index in [0.717, 1.165) is 64.2 Å². The maximum absolute atomic E-state index is 12.0. The Morgan fingerprint density at radius 1 is 0.571 bits per heavy atom. The van der Waals surface area contributed by atoms with E-state index in [1.807, 2.05) is 0 Å². The molecule has 10 nitrogen and oxygen atoms in total. The van der Waals surface area contributed by atoms with Gasteiger partial charge in [0.1, 0.15) is 73.3 Å². The van der Waals surface area contributed by atoms with Gasteiger partial charge in [-0.25, -0.2) is 0 Å². The lowest BCUT2D eigenvalue weighted by Gasteiger charge is -2.12. The van der Waals surface area contributed by atoms with Crippen LogP contribution in [0, 0.1) is 45.3 Å². The Bertz CT molecular complexity index is 1180. The van der Waals surface area contributed by atoms with Gasteiger partial charge in [-0.15, -0.1) is 0 Å². The monoisotopic (exact) mass is 576 g/mol. The zero-order valence-corrected chi connectivity index (χ0v) is 24.7. The molecule has 42 heavy (non-hydrogen) atoms. The van der Waals surface area contributed by atoms with Gasteiger partial charge in [0.15, 0.2) is 0 Å². The van der Waals surface area contributed by atoms with Crippen LogP contribution in [0.3, 0.4) is 0 Å². The predicted octanol–water partition coefficient (Wildman–Crippen LogP) is 4.65. The van der Waals surface area contributed by atoms with Gasteiger partial charge in [-0.2, -0.15) is 21.0 Å². The molecule has 1 aromatic carbocycles. The number of nitriles is 4. The standard InChI is InChI=1S/C32H40N4O6/c1-3-5-7-9-11-13-31(37)41-17-15-39-29-19-28(26(23-35)24-36)30(20-27(29)25(21-33)22-34)40-16-18-42-32(38)14-12-10-8-6-4-2/h19-20H,3-18H2,1-2H3. The Labute approximate surface area is 248 Å². The summed E-state index contributed by atoms with van der Waals surface area (Å²) in [7, 11) is 0. The zero-order valence-electron chi connectivity index (χ0n) is 24.7. The quantitative estimate of drug-likeness (QED) is 0.157. The smallest absolute Gasteiger partial charge is 0.305 e. The molecule has 0 fully saturated rings. The van der Waals surface area contributed by atoms with Crippen LogP contribution >= 0.6 is 0 Å². The number of unbranched alkanes of at least 4 members (excludes halogenated alkanes) is 8. The molecule has 0 aliphatic heterocycles. The molecule has 0 heterocycles. The molecule has 0 saturated carbocycles. The van der Waals surface area contributed by atoms with E-state index < -0.39 is 0 Å². The van der Waals surface area contributed by atoms with E-state index in [1.165, 1.54) is 12.1 Å². The average molecular weight is 577 g/mol. The van der Waals surface area contributed by atoms with Crippen molar-refractivity contribution in [3.8, 4) is 35.8 Å². The molecule has 0 aromatic heterocycles. The molecular weight excluding hydrogens is 536 g/mol. The van der Waals surface area contributed by atoms with Crippen LogP contribution in [-0.4, -0.2) is 38.4 Å². The van der Waals surface area contributed by atoms with Crippen LogP contribution in [0.2, 0.25) is 0 Å². The summed E-state index contributed by atoms with van der Waals surface area (Å²) in [6, 6.07) is 9.87. The van der Waals surface area contributed by atoms with Crippen molar-refractivity contribution in [2.24, 2.45) is 0 Å². The summed E-state index contributed by atoms with van der Waals surface area (Å²) in [6.45, 7) is 3.95. The second-order valence-corrected chi connectivity index (χ2v) is 9.51. The van der Waals surface area contributed by atoms with Crippen LogP contribution < -0.4 is 19.9 Å². The molecule has 0 unspecified atom stereocenters. The van der Waals surface area contributed by atoms with Gasteiger partial charge in [0.25, 0.3) is 0 Å². The highest BCUT2D eigenvalue weighted by Gasteiger charge is 2.13. The fourth-order valence-corrected chi connectivity index (χ4v) is 3.98. The first-order valence-electron chi connectivity index (χ1n) is 14.5. The number of carbonyl (C=O) groups is 2. The highest BCUT2D eigenvalue weighted by atomic mass is 16.6. The van der Waals surface area contributed by atoms with Gasteiger partial charge in [0.05, 0.1) is 0 Å². The lowest BCUT2D eigenvalue weighted by molar-refractivity contribution is -0.145. The number of carbonyl (C=O) groups excluding carboxylic acids is 2. The molecule has 0 radical (unpaired) electrons. The third-order valence-electron chi connectivity index (χ3n) is 6.24. The molecule has 1 rings (SSSR count). The van der Waals surface area contributed by atoms with Crippen molar-refractivity contribution in [2.45, 2.75) is 90.9 Å². The second kappa shape index (κ2) is 22.2. The number of nitrogens with zero attached hydrogens (tertiary/aromatic N) is 4. The van der Waals surface area contributed by atoms with Gasteiger partial charge >= 0.3 is 11.9 Å². The maximum Gasteiger partial charge on any atom is 0.305 e. The lowest BCUT2D eigenvalue weighted by Crippen LogP contribution is -2.23. The summed E-state index contributed by atoms with van der Waals surface area (Å²) < 4.78 is 21.9. The number of esters is 2. The Kier molecular flexibility index (Phi) is 18.7. The van der Waals surface area contributed by atoms with E-state index >= 15 is 0 Å². The van der Waals surface area contributed by atoms with E-state index in [4.69, 9.17) is 18.9 Å². The zero-order chi connectivity index (χ0) is 31.0. The van der Waals surface area contributed by atoms with Crippen molar-refractivity contribution < 1.29 is 28.5 Å². The van der Waals surface area contributed by atoms with Gasteiger partial charge in [-0.3, -0.25) is 9.59 Å². The van der Waals surface area contributed by atoms with E-state index in [0.29, 0.717) is 12.8 Å².